The third-order valence-corrected chi connectivity index (χ3v) is 4.44. The van der Waals surface area contributed by atoms with Crippen LogP contribution in [0.25, 0.3) is 6.08 Å². The number of ketones is 1. The summed E-state index contributed by atoms with van der Waals surface area (Å²) in [5.74, 6) is 0.531. The van der Waals surface area contributed by atoms with Gasteiger partial charge in [-0.2, -0.15) is 0 Å². The van der Waals surface area contributed by atoms with Gasteiger partial charge in [-0.1, -0.05) is 38.1 Å². The molecule has 1 aromatic heterocycles. The summed E-state index contributed by atoms with van der Waals surface area (Å²) in [7, 11) is 0. The Balaban J connectivity index is 2.09. The Labute approximate surface area is 126 Å². The lowest BCUT2D eigenvalue weighted by Crippen LogP contribution is -1.95. The third-order valence-electron chi connectivity index (χ3n) is 2.85. The highest BCUT2D eigenvalue weighted by Gasteiger charge is 2.04. The molecular formula is C16H15BrOS. The minimum atomic E-state index is 0.0415. The maximum atomic E-state index is 12.0. The molecule has 0 spiro atoms. The molecule has 2 aromatic rings. The van der Waals surface area contributed by atoms with Crippen LogP contribution < -0.4 is 0 Å². The van der Waals surface area contributed by atoms with Gasteiger partial charge in [0.1, 0.15) is 0 Å². The van der Waals surface area contributed by atoms with Crippen molar-refractivity contribution in [3.8, 4) is 0 Å². The van der Waals surface area contributed by atoms with Gasteiger partial charge in [-0.15, -0.1) is 11.3 Å². The molecule has 0 unspecified atom stereocenters. The number of hydrogen-bond donors (Lipinski definition) is 0. The molecule has 0 radical (unpaired) electrons. The van der Waals surface area contributed by atoms with Crippen molar-refractivity contribution in [1.82, 2.24) is 0 Å². The van der Waals surface area contributed by atoms with Gasteiger partial charge in [-0.05, 0) is 51.7 Å². The second kappa shape index (κ2) is 6.31. The van der Waals surface area contributed by atoms with Crippen molar-refractivity contribution in [3.63, 3.8) is 0 Å². The second-order valence-electron chi connectivity index (χ2n) is 4.62. The highest BCUT2D eigenvalue weighted by atomic mass is 79.9. The van der Waals surface area contributed by atoms with E-state index in [1.54, 1.807) is 17.4 Å². The smallest absolute Gasteiger partial charge is 0.185 e. The van der Waals surface area contributed by atoms with Crippen molar-refractivity contribution in [2.24, 2.45) is 0 Å². The quantitative estimate of drug-likeness (QED) is 0.530. The first-order valence-electron chi connectivity index (χ1n) is 6.14. The molecule has 0 aliphatic rings. The number of rotatable bonds is 4. The SMILES string of the molecule is CC(C)c1ccc(C(=O)/C=C/c2ccc(Br)s2)cc1. The van der Waals surface area contributed by atoms with Crippen molar-refractivity contribution < 1.29 is 4.79 Å². The Hall–Kier alpha value is -1.19. The predicted octanol–water partition coefficient (Wildman–Crippen LogP) is 5.53. The molecule has 0 saturated carbocycles. The van der Waals surface area contributed by atoms with E-state index in [4.69, 9.17) is 0 Å². The van der Waals surface area contributed by atoms with Gasteiger partial charge in [0.25, 0.3) is 0 Å². The number of allylic oxidation sites excluding steroid dienone is 1. The average molecular weight is 335 g/mol. The van der Waals surface area contributed by atoms with E-state index in [1.165, 1.54) is 5.56 Å². The van der Waals surface area contributed by atoms with E-state index >= 15 is 0 Å². The van der Waals surface area contributed by atoms with Crippen LogP contribution in [0.5, 0.6) is 0 Å². The number of halogens is 1. The molecule has 0 aliphatic carbocycles. The van der Waals surface area contributed by atoms with Crippen LogP contribution >= 0.6 is 27.3 Å². The summed E-state index contributed by atoms with van der Waals surface area (Å²) >= 11 is 5.01. The predicted molar refractivity (Wildman–Crippen MR) is 85.9 cm³/mol. The Bertz CT molecular complexity index is 593. The molecule has 1 heterocycles. The Morgan fingerprint density at radius 2 is 1.84 bits per heavy atom. The molecule has 98 valence electrons. The van der Waals surface area contributed by atoms with Gasteiger partial charge in [0, 0.05) is 10.4 Å². The van der Waals surface area contributed by atoms with E-state index in [-0.39, 0.29) is 5.78 Å². The maximum Gasteiger partial charge on any atom is 0.185 e. The fraction of sp³-hybridized carbons (Fsp3) is 0.188. The highest BCUT2D eigenvalue weighted by Crippen LogP contribution is 2.23. The topological polar surface area (TPSA) is 17.1 Å². The minimum Gasteiger partial charge on any atom is -0.289 e. The monoisotopic (exact) mass is 334 g/mol. The van der Waals surface area contributed by atoms with Gasteiger partial charge in [0.2, 0.25) is 0 Å². The van der Waals surface area contributed by atoms with Crippen LogP contribution in [0, 0.1) is 0 Å². The Kier molecular flexibility index (Phi) is 4.72. The minimum absolute atomic E-state index is 0.0415. The van der Waals surface area contributed by atoms with Crippen molar-refractivity contribution in [2.45, 2.75) is 19.8 Å². The normalized spacial score (nSPS) is 11.4. The lowest BCUT2D eigenvalue weighted by molar-refractivity contribution is 0.104. The van der Waals surface area contributed by atoms with Gasteiger partial charge < -0.3 is 0 Å². The van der Waals surface area contributed by atoms with E-state index in [2.05, 4.69) is 29.8 Å². The zero-order valence-corrected chi connectivity index (χ0v) is 13.3. The second-order valence-corrected chi connectivity index (χ2v) is 7.11. The third kappa shape index (κ3) is 3.88. The first-order chi connectivity index (χ1) is 9.06. The lowest BCUT2D eigenvalue weighted by atomic mass is 10.0. The summed E-state index contributed by atoms with van der Waals surface area (Å²) < 4.78 is 1.07. The van der Waals surface area contributed by atoms with Crippen LogP contribution in [-0.4, -0.2) is 5.78 Å². The Morgan fingerprint density at radius 1 is 1.16 bits per heavy atom. The summed E-state index contributed by atoms with van der Waals surface area (Å²) in [6.45, 7) is 4.29. The first-order valence-corrected chi connectivity index (χ1v) is 7.75. The van der Waals surface area contributed by atoms with Gasteiger partial charge in [0.05, 0.1) is 3.79 Å². The van der Waals surface area contributed by atoms with Crippen LogP contribution in [0.2, 0.25) is 0 Å². The number of benzene rings is 1. The van der Waals surface area contributed by atoms with E-state index in [0.717, 1.165) is 14.2 Å². The molecule has 0 bridgehead atoms. The first kappa shape index (κ1) is 14.2. The molecule has 0 saturated heterocycles. The largest absolute Gasteiger partial charge is 0.289 e. The molecule has 2 rings (SSSR count). The fourth-order valence-corrected chi connectivity index (χ4v) is 3.03. The molecule has 3 heteroatoms. The summed E-state index contributed by atoms with van der Waals surface area (Å²) in [6, 6.07) is 11.8. The Morgan fingerprint density at radius 3 is 2.37 bits per heavy atom. The summed E-state index contributed by atoms with van der Waals surface area (Å²) in [4.78, 5) is 13.1. The van der Waals surface area contributed by atoms with Gasteiger partial charge >= 0.3 is 0 Å². The van der Waals surface area contributed by atoms with E-state index < -0.39 is 0 Å². The van der Waals surface area contributed by atoms with Crippen LogP contribution in [0.4, 0.5) is 0 Å². The summed E-state index contributed by atoms with van der Waals surface area (Å²) in [6.07, 6.45) is 3.48. The molecule has 1 nitrogen and oxygen atoms in total. The number of carbonyl (C=O) groups excluding carboxylic acids is 1. The van der Waals surface area contributed by atoms with Crippen LogP contribution in [0.1, 0.15) is 40.6 Å². The average Bonchev–Trinajstić information content (AvgIpc) is 2.82. The van der Waals surface area contributed by atoms with Crippen LogP contribution in [0.15, 0.2) is 46.3 Å². The molecular weight excluding hydrogens is 320 g/mol. The molecule has 0 aliphatic heterocycles. The standard InChI is InChI=1S/C16H15BrOS/c1-11(2)12-3-5-13(6-4-12)15(18)9-7-14-8-10-16(17)19-14/h3-11H,1-2H3/b9-7+. The van der Waals surface area contributed by atoms with Crippen molar-refractivity contribution in [2.75, 3.05) is 0 Å². The highest BCUT2D eigenvalue weighted by molar-refractivity contribution is 9.11. The number of hydrogen-bond acceptors (Lipinski definition) is 2. The van der Waals surface area contributed by atoms with Crippen molar-refractivity contribution in [3.05, 3.63) is 62.3 Å². The molecule has 1 aromatic carbocycles. The van der Waals surface area contributed by atoms with Crippen LogP contribution in [-0.2, 0) is 0 Å². The van der Waals surface area contributed by atoms with Gasteiger partial charge in [-0.25, -0.2) is 0 Å². The zero-order chi connectivity index (χ0) is 13.8. The molecule has 0 atom stereocenters. The molecule has 19 heavy (non-hydrogen) atoms. The molecule has 0 N–H and O–H groups in total. The van der Waals surface area contributed by atoms with Crippen LogP contribution in [0.3, 0.4) is 0 Å². The van der Waals surface area contributed by atoms with E-state index in [9.17, 15) is 4.79 Å². The summed E-state index contributed by atoms with van der Waals surface area (Å²) in [5, 5.41) is 0. The van der Waals surface area contributed by atoms with Crippen molar-refractivity contribution >= 4 is 39.1 Å². The molecule has 0 fully saturated rings. The maximum absolute atomic E-state index is 12.0. The molecule has 0 amide bonds. The fourth-order valence-electron chi connectivity index (χ4n) is 1.70. The van der Waals surface area contributed by atoms with Gasteiger partial charge in [0.15, 0.2) is 5.78 Å². The van der Waals surface area contributed by atoms with E-state index in [0.29, 0.717) is 5.92 Å². The number of carbonyl (C=O) groups is 1. The summed E-state index contributed by atoms with van der Waals surface area (Å²) in [5.41, 5.74) is 1.99. The van der Waals surface area contributed by atoms with Crippen molar-refractivity contribution in [1.29, 1.82) is 0 Å². The number of thiophene rings is 1. The van der Waals surface area contributed by atoms with Gasteiger partial charge in [-0.3, -0.25) is 4.79 Å². The lowest BCUT2D eigenvalue weighted by Gasteiger charge is -2.04. The zero-order valence-electron chi connectivity index (χ0n) is 10.9. The van der Waals surface area contributed by atoms with E-state index in [1.807, 2.05) is 42.5 Å².